The zero-order chi connectivity index (χ0) is 43.9. The van der Waals surface area contributed by atoms with Gasteiger partial charge in [-0.05, 0) is 70.0 Å². The highest BCUT2D eigenvalue weighted by Crippen LogP contribution is 2.66. The Bertz CT molecular complexity index is 2110. The van der Waals surface area contributed by atoms with Crippen LogP contribution in [0.1, 0.15) is 84.0 Å². The highest BCUT2D eigenvalue weighted by Gasteiger charge is 2.83. The van der Waals surface area contributed by atoms with Crippen LogP contribution in [0.25, 0.3) is 0 Å². The zero-order valence-electron chi connectivity index (χ0n) is 34.3. The monoisotopic (exact) mass is 839 g/mol. The fourth-order valence-corrected chi connectivity index (χ4v) is 10.1. The maximum absolute atomic E-state index is 15.1. The summed E-state index contributed by atoms with van der Waals surface area (Å²) in [6.45, 7) is 11.4. The first-order valence-corrected chi connectivity index (χ1v) is 19.5. The number of esters is 3. The van der Waals surface area contributed by atoms with E-state index in [0.717, 1.165) is 6.92 Å². The number of nitrogens with one attached hydrogen (secondary N) is 1. The molecule has 1 aromatic heterocycles. The summed E-state index contributed by atoms with van der Waals surface area (Å²) in [6, 6.07) is 8.95. The van der Waals surface area contributed by atoms with Crippen LogP contribution in [0.15, 0.2) is 64.3 Å². The third-order valence-corrected chi connectivity index (χ3v) is 12.7. The van der Waals surface area contributed by atoms with Crippen molar-refractivity contribution >= 4 is 35.9 Å². The van der Waals surface area contributed by atoms with Crippen molar-refractivity contribution in [3.63, 3.8) is 0 Å². The Morgan fingerprint density at radius 2 is 1.67 bits per heavy atom. The van der Waals surface area contributed by atoms with E-state index >= 15 is 4.79 Å². The number of alkyl carbamates (subject to hydrolysis) is 1. The smallest absolute Gasteiger partial charge is 0.467 e. The summed E-state index contributed by atoms with van der Waals surface area (Å²) in [7, 11) is 0. The molecule has 2 saturated heterocycles. The molecule has 7 rings (SSSR count). The molecule has 2 saturated carbocycles. The maximum atomic E-state index is 15.1. The number of amides is 1. The molecule has 324 valence electrons. The van der Waals surface area contributed by atoms with Crippen LogP contribution in [0, 0.1) is 16.7 Å². The van der Waals surface area contributed by atoms with E-state index in [9.17, 15) is 39.3 Å². The number of hydrogen-bond acceptors (Lipinski definition) is 17. The normalized spacial score (nSPS) is 35.0. The minimum absolute atomic E-state index is 0.00462. The van der Waals surface area contributed by atoms with Gasteiger partial charge in [0.15, 0.2) is 35.8 Å². The lowest BCUT2D eigenvalue weighted by atomic mass is 9.44. The number of carbonyl (C=O) groups excluding carboxylic acids is 6. The highest BCUT2D eigenvalue weighted by atomic mass is 16.8. The first-order valence-electron chi connectivity index (χ1n) is 19.5. The predicted octanol–water partition coefficient (Wildman–Crippen LogP) is 3.01. The van der Waals surface area contributed by atoms with Crippen molar-refractivity contribution in [1.82, 2.24) is 5.32 Å². The number of benzene rings is 1. The Hall–Kier alpha value is -5.30. The standard InChI is InChI=1S/C42H49NO17/c1-19-25-27(46)31(48)40(8)23(45)17-24-41(18-54-24,58-20(2)44)30(40)33(56-34(49)21-13-10-9-11-14-21)42(39(25,6)7)32(57-37(52)60-42)29(19)55-35(50)28(47)26(22-15-12-16-53-22)43-36(51)59-38(3,4)5/h9-16,23-24,26-30,32-33,45-47H,17-18H2,1-8H3,(H,43,51)/t23-,24+,26-,27+,28+,29+,30?,32-,33-,40+,41-,42+/m0/s1. The number of aliphatic hydroxyl groups is 3. The average molecular weight is 840 g/mol. The van der Waals surface area contributed by atoms with E-state index in [1.54, 1.807) is 39.0 Å². The molecule has 12 atom stereocenters. The fourth-order valence-electron chi connectivity index (χ4n) is 10.1. The number of fused-ring (bicyclic) bond motifs is 4. The van der Waals surface area contributed by atoms with E-state index in [-0.39, 0.29) is 35.5 Å². The van der Waals surface area contributed by atoms with Crippen LogP contribution in [0.2, 0.25) is 0 Å². The van der Waals surface area contributed by atoms with Crippen molar-refractivity contribution in [2.45, 2.75) is 127 Å². The van der Waals surface area contributed by atoms with Crippen LogP contribution < -0.4 is 5.32 Å². The van der Waals surface area contributed by atoms with Gasteiger partial charge in [-0.3, -0.25) is 9.59 Å². The Labute approximate surface area is 344 Å². The summed E-state index contributed by atoms with van der Waals surface area (Å²) in [6.07, 6.45) is -13.8. The van der Waals surface area contributed by atoms with E-state index in [0.29, 0.717) is 0 Å². The van der Waals surface area contributed by atoms with Gasteiger partial charge in [-0.1, -0.05) is 32.0 Å². The van der Waals surface area contributed by atoms with E-state index in [4.69, 9.17) is 37.6 Å². The van der Waals surface area contributed by atoms with Gasteiger partial charge in [0.05, 0.1) is 35.9 Å². The fraction of sp³-hybridized carbons (Fsp3) is 0.571. The minimum atomic E-state index is -2.35. The molecule has 5 aliphatic rings. The van der Waals surface area contributed by atoms with Crippen molar-refractivity contribution < 1.29 is 81.7 Å². The second kappa shape index (κ2) is 14.7. The number of ketones is 1. The van der Waals surface area contributed by atoms with Crippen LogP contribution in [-0.4, -0.2) is 117 Å². The van der Waals surface area contributed by atoms with Crippen LogP contribution >= 0.6 is 0 Å². The Morgan fingerprint density at radius 3 is 2.25 bits per heavy atom. The van der Waals surface area contributed by atoms with Crippen LogP contribution in [-0.2, 0) is 47.5 Å². The minimum Gasteiger partial charge on any atom is -0.467 e. The Morgan fingerprint density at radius 1 is 0.983 bits per heavy atom. The largest absolute Gasteiger partial charge is 0.509 e. The Balaban J connectivity index is 1.42. The quantitative estimate of drug-likeness (QED) is 0.169. The summed E-state index contributed by atoms with van der Waals surface area (Å²) in [5, 5.41) is 38.3. The zero-order valence-corrected chi connectivity index (χ0v) is 34.3. The van der Waals surface area contributed by atoms with Crippen molar-refractivity contribution in [3.8, 4) is 0 Å². The van der Waals surface area contributed by atoms with Crippen molar-refractivity contribution in [3.05, 3.63) is 71.2 Å². The first kappa shape index (κ1) is 42.8. The molecule has 3 heterocycles. The molecule has 18 heteroatoms. The lowest BCUT2D eigenvalue weighted by Crippen LogP contribution is -2.83. The van der Waals surface area contributed by atoms with Gasteiger partial charge in [0.1, 0.15) is 29.6 Å². The summed E-state index contributed by atoms with van der Waals surface area (Å²) >= 11 is 0. The van der Waals surface area contributed by atoms with Crippen LogP contribution in [0.4, 0.5) is 9.59 Å². The van der Waals surface area contributed by atoms with Gasteiger partial charge >= 0.3 is 30.2 Å². The SMILES string of the molecule is CC(=O)O[C@@]12CO[C@@H]1C[C@H](O)[C@@]1(C)C(=O)[C@H](O)C3=C(C)[C@@H](OC(=O)[C@H](O)[C@@H](NC(=O)OC(C)(C)C)c4ccco4)[C@@H]4OC(=O)O[C@]4([C@@H](OC(=O)c4ccccc4)C12)C3(C)C. The number of hydrogen-bond donors (Lipinski definition) is 4. The molecule has 4 fully saturated rings. The van der Waals surface area contributed by atoms with Crippen molar-refractivity contribution in [1.29, 1.82) is 0 Å². The molecule has 1 unspecified atom stereocenters. The Kier molecular flexibility index (Phi) is 10.5. The van der Waals surface area contributed by atoms with E-state index in [1.165, 1.54) is 58.2 Å². The van der Waals surface area contributed by atoms with Gasteiger partial charge < -0.3 is 58.2 Å². The number of aliphatic hydroxyl groups excluding tert-OH is 3. The molecular formula is C42H49NO17. The summed E-state index contributed by atoms with van der Waals surface area (Å²) < 4.78 is 47.2. The molecule has 18 nitrogen and oxygen atoms in total. The molecule has 4 N–H and O–H groups in total. The summed E-state index contributed by atoms with van der Waals surface area (Å²) in [5.74, 6) is -5.85. The lowest BCUT2D eigenvalue weighted by Gasteiger charge is -2.67. The van der Waals surface area contributed by atoms with Gasteiger partial charge in [-0.25, -0.2) is 19.2 Å². The van der Waals surface area contributed by atoms with Crippen LogP contribution in [0.5, 0.6) is 0 Å². The molecule has 0 radical (unpaired) electrons. The maximum Gasteiger partial charge on any atom is 0.509 e. The predicted molar refractivity (Wildman–Crippen MR) is 200 cm³/mol. The second-order valence-electron chi connectivity index (χ2n) is 17.7. The van der Waals surface area contributed by atoms with E-state index in [2.05, 4.69) is 5.32 Å². The number of carbonyl (C=O) groups is 6. The topological polar surface area (TPSA) is 253 Å². The molecule has 3 aliphatic carbocycles. The number of rotatable bonds is 8. The summed E-state index contributed by atoms with van der Waals surface area (Å²) in [5.41, 5.74) is -9.11. The summed E-state index contributed by atoms with van der Waals surface area (Å²) in [4.78, 5) is 83.3. The van der Waals surface area contributed by atoms with Crippen LogP contribution in [0.3, 0.4) is 0 Å². The van der Waals surface area contributed by atoms with Gasteiger partial charge in [0.25, 0.3) is 0 Å². The number of furan rings is 1. The van der Waals surface area contributed by atoms with Crippen molar-refractivity contribution in [2.24, 2.45) is 16.7 Å². The third-order valence-electron chi connectivity index (χ3n) is 12.7. The van der Waals surface area contributed by atoms with E-state index in [1.807, 2.05) is 0 Å². The third kappa shape index (κ3) is 6.46. The van der Waals surface area contributed by atoms with Gasteiger partial charge in [-0.15, -0.1) is 0 Å². The highest BCUT2D eigenvalue weighted by molar-refractivity contribution is 5.94. The molecule has 1 spiro atoms. The van der Waals surface area contributed by atoms with Gasteiger partial charge in [-0.2, -0.15) is 0 Å². The molecule has 2 bridgehead atoms. The second-order valence-corrected chi connectivity index (χ2v) is 17.7. The average Bonchev–Trinajstić information content (AvgIpc) is 3.83. The molecule has 1 amide bonds. The molecule has 2 aliphatic heterocycles. The molecule has 60 heavy (non-hydrogen) atoms. The molecular weight excluding hydrogens is 790 g/mol. The molecule has 1 aromatic carbocycles. The number of ether oxygens (including phenoxy) is 7. The molecule has 2 aromatic rings. The first-order chi connectivity index (χ1) is 28.0. The van der Waals surface area contributed by atoms with Gasteiger partial charge in [0, 0.05) is 18.8 Å². The number of Topliss-reactive ketones (excluding diaryl/α,β-unsaturated/α-hetero) is 1. The van der Waals surface area contributed by atoms with E-state index < -0.39 is 118 Å². The van der Waals surface area contributed by atoms with Crippen molar-refractivity contribution in [2.75, 3.05) is 6.61 Å². The lowest BCUT2D eigenvalue weighted by molar-refractivity contribution is -0.345. The van der Waals surface area contributed by atoms with Gasteiger partial charge in [0.2, 0.25) is 5.60 Å².